The van der Waals surface area contributed by atoms with Gasteiger partial charge in [-0.2, -0.15) is 5.10 Å². The SMILES string of the molecule is COC(=O)Cn1c(=O)c(C(=O)NCc2ccc(C)cc2)cc2c(Cl)c(-c3cnn(C)c3)cnc21. The highest BCUT2D eigenvalue weighted by Gasteiger charge is 2.21. The minimum Gasteiger partial charge on any atom is -0.468 e. The fourth-order valence-corrected chi connectivity index (χ4v) is 3.83. The molecule has 1 aromatic carbocycles. The molecule has 34 heavy (non-hydrogen) atoms. The number of methoxy groups -OCH3 is 1. The van der Waals surface area contributed by atoms with Crippen molar-refractivity contribution in [2.75, 3.05) is 7.11 Å². The van der Waals surface area contributed by atoms with E-state index < -0.39 is 24.0 Å². The van der Waals surface area contributed by atoms with Crippen LogP contribution in [0.5, 0.6) is 0 Å². The van der Waals surface area contributed by atoms with Crippen LogP contribution in [0.2, 0.25) is 5.02 Å². The molecule has 0 saturated heterocycles. The Labute approximate surface area is 199 Å². The quantitative estimate of drug-likeness (QED) is 0.426. The van der Waals surface area contributed by atoms with Crippen molar-refractivity contribution in [2.24, 2.45) is 7.05 Å². The predicted octanol–water partition coefficient (Wildman–Crippen LogP) is 2.86. The highest BCUT2D eigenvalue weighted by molar-refractivity contribution is 6.38. The number of nitrogens with zero attached hydrogens (tertiary/aromatic N) is 4. The molecule has 174 valence electrons. The van der Waals surface area contributed by atoms with Crippen LogP contribution < -0.4 is 10.9 Å². The number of pyridine rings is 2. The van der Waals surface area contributed by atoms with Crippen LogP contribution in [0.15, 0.2) is 53.7 Å². The molecule has 0 spiro atoms. The van der Waals surface area contributed by atoms with E-state index in [9.17, 15) is 14.4 Å². The Morgan fingerprint density at radius 3 is 2.56 bits per heavy atom. The van der Waals surface area contributed by atoms with Gasteiger partial charge in [-0.1, -0.05) is 41.4 Å². The van der Waals surface area contributed by atoms with Crippen molar-refractivity contribution < 1.29 is 14.3 Å². The van der Waals surface area contributed by atoms with Gasteiger partial charge in [0.05, 0.1) is 18.3 Å². The van der Waals surface area contributed by atoms with Gasteiger partial charge in [-0.25, -0.2) is 4.98 Å². The second-order valence-corrected chi connectivity index (χ2v) is 8.20. The van der Waals surface area contributed by atoms with Gasteiger partial charge in [0.15, 0.2) is 0 Å². The molecule has 0 aliphatic rings. The molecule has 3 aromatic heterocycles. The minimum absolute atomic E-state index is 0.157. The number of nitrogens with one attached hydrogen (secondary N) is 1. The molecule has 0 saturated carbocycles. The van der Waals surface area contributed by atoms with Gasteiger partial charge < -0.3 is 10.1 Å². The third-order valence-electron chi connectivity index (χ3n) is 5.40. The number of benzene rings is 1. The van der Waals surface area contributed by atoms with E-state index in [1.807, 2.05) is 31.2 Å². The summed E-state index contributed by atoms with van der Waals surface area (Å²) in [7, 11) is 2.99. The lowest BCUT2D eigenvalue weighted by atomic mass is 10.1. The van der Waals surface area contributed by atoms with Crippen molar-refractivity contribution in [3.63, 3.8) is 0 Å². The third kappa shape index (κ3) is 4.55. The summed E-state index contributed by atoms with van der Waals surface area (Å²) in [4.78, 5) is 42.6. The molecule has 1 amide bonds. The van der Waals surface area contributed by atoms with Gasteiger partial charge in [0, 0.05) is 42.5 Å². The number of aromatic nitrogens is 4. The summed E-state index contributed by atoms with van der Waals surface area (Å²) in [5, 5.41) is 7.54. The average molecular weight is 480 g/mol. The lowest BCUT2D eigenvalue weighted by molar-refractivity contribution is -0.141. The number of hydrogen-bond donors (Lipinski definition) is 1. The summed E-state index contributed by atoms with van der Waals surface area (Å²) < 4.78 is 7.45. The Bertz CT molecular complexity index is 1460. The number of fused-ring (bicyclic) bond motifs is 1. The number of hydrogen-bond acceptors (Lipinski definition) is 6. The highest BCUT2D eigenvalue weighted by atomic mass is 35.5. The maximum atomic E-state index is 13.2. The van der Waals surface area contributed by atoms with E-state index in [-0.39, 0.29) is 22.8 Å². The molecule has 0 radical (unpaired) electrons. The molecule has 0 aliphatic heterocycles. The Kier molecular flexibility index (Phi) is 6.47. The molecule has 0 aliphatic carbocycles. The second kappa shape index (κ2) is 9.48. The number of carbonyl (C=O) groups is 2. The van der Waals surface area contributed by atoms with E-state index in [0.717, 1.165) is 21.3 Å². The van der Waals surface area contributed by atoms with Gasteiger partial charge in [-0.15, -0.1) is 0 Å². The molecule has 0 atom stereocenters. The maximum Gasteiger partial charge on any atom is 0.325 e. The van der Waals surface area contributed by atoms with Gasteiger partial charge in [-0.05, 0) is 18.6 Å². The third-order valence-corrected chi connectivity index (χ3v) is 5.81. The fraction of sp³-hybridized carbons (Fsp3) is 0.208. The lowest BCUT2D eigenvalue weighted by Gasteiger charge is -2.14. The molecule has 4 aromatic rings. The standard InChI is InChI=1S/C24H22ClN5O4/c1-14-4-6-15(7-5-14)9-27-23(32)18-8-17-21(25)19(16-10-28-29(2)12-16)11-26-22(17)30(24(18)33)13-20(31)34-3/h4-8,10-12H,9,13H2,1-3H3,(H,27,32). The van der Waals surface area contributed by atoms with Crippen molar-refractivity contribution in [3.05, 3.63) is 81.0 Å². The van der Waals surface area contributed by atoms with E-state index in [1.54, 1.807) is 24.1 Å². The summed E-state index contributed by atoms with van der Waals surface area (Å²) in [6.45, 7) is 1.79. The van der Waals surface area contributed by atoms with Crippen molar-refractivity contribution in [1.82, 2.24) is 24.6 Å². The summed E-state index contributed by atoms with van der Waals surface area (Å²) in [6.07, 6.45) is 4.91. The smallest absolute Gasteiger partial charge is 0.325 e. The number of aryl methyl sites for hydroxylation is 2. The Hall–Kier alpha value is -3.98. The van der Waals surface area contributed by atoms with Crippen molar-refractivity contribution in [2.45, 2.75) is 20.0 Å². The lowest BCUT2D eigenvalue weighted by Crippen LogP contribution is -2.34. The molecule has 3 heterocycles. The molecule has 9 nitrogen and oxygen atoms in total. The van der Waals surface area contributed by atoms with Gasteiger partial charge in [0.25, 0.3) is 11.5 Å². The second-order valence-electron chi connectivity index (χ2n) is 7.82. The first-order valence-electron chi connectivity index (χ1n) is 10.4. The first kappa shape index (κ1) is 23.2. The molecular weight excluding hydrogens is 458 g/mol. The molecule has 0 fully saturated rings. The van der Waals surface area contributed by atoms with E-state index in [1.165, 1.54) is 19.4 Å². The highest BCUT2D eigenvalue weighted by Crippen LogP contribution is 2.32. The van der Waals surface area contributed by atoms with E-state index >= 15 is 0 Å². The molecule has 10 heteroatoms. The average Bonchev–Trinajstić information content (AvgIpc) is 3.26. The van der Waals surface area contributed by atoms with Crippen LogP contribution in [0.25, 0.3) is 22.2 Å². The first-order chi connectivity index (χ1) is 16.3. The van der Waals surface area contributed by atoms with Gasteiger partial charge >= 0.3 is 5.97 Å². The Morgan fingerprint density at radius 1 is 1.18 bits per heavy atom. The number of ether oxygens (including phenoxy) is 1. The van der Waals surface area contributed by atoms with Crippen LogP contribution in [-0.4, -0.2) is 38.3 Å². The zero-order valence-corrected chi connectivity index (χ0v) is 19.6. The number of esters is 1. The summed E-state index contributed by atoms with van der Waals surface area (Å²) in [6, 6.07) is 9.07. The van der Waals surface area contributed by atoms with Crippen LogP contribution in [0.1, 0.15) is 21.5 Å². The number of halogens is 1. The summed E-state index contributed by atoms with van der Waals surface area (Å²) in [5.74, 6) is -1.25. The van der Waals surface area contributed by atoms with Crippen molar-refractivity contribution >= 4 is 34.5 Å². The van der Waals surface area contributed by atoms with Gasteiger partial charge in [0.2, 0.25) is 0 Å². The van der Waals surface area contributed by atoms with E-state index in [2.05, 4.69) is 15.4 Å². The van der Waals surface area contributed by atoms with E-state index in [0.29, 0.717) is 10.9 Å². The van der Waals surface area contributed by atoms with Crippen LogP contribution in [0.4, 0.5) is 0 Å². The number of carbonyl (C=O) groups excluding carboxylic acids is 2. The number of rotatable bonds is 6. The monoisotopic (exact) mass is 479 g/mol. The Balaban J connectivity index is 1.81. The van der Waals surface area contributed by atoms with Crippen molar-refractivity contribution in [3.8, 4) is 11.1 Å². The van der Waals surface area contributed by atoms with Gasteiger partial charge in [-0.3, -0.25) is 23.6 Å². The predicted molar refractivity (Wildman–Crippen MR) is 128 cm³/mol. The molecule has 4 rings (SSSR count). The minimum atomic E-state index is -0.669. The largest absolute Gasteiger partial charge is 0.468 e. The molecular formula is C24H22ClN5O4. The summed E-state index contributed by atoms with van der Waals surface area (Å²) >= 11 is 6.70. The summed E-state index contributed by atoms with van der Waals surface area (Å²) in [5.41, 5.74) is 2.63. The molecule has 0 bridgehead atoms. The van der Waals surface area contributed by atoms with Gasteiger partial charge in [0.1, 0.15) is 17.8 Å². The van der Waals surface area contributed by atoms with Crippen LogP contribution in [0, 0.1) is 6.92 Å². The normalized spacial score (nSPS) is 10.9. The maximum absolute atomic E-state index is 13.2. The van der Waals surface area contributed by atoms with Crippen LogP contribution >= 0.6 is 11.6 Å². The fourth-order valence-electron chi connectivity index (χ4n) is 3.53. The van der Waals surface area contributed by atoms with Crippen LogP contribution in [0.3, 0.4) is 0 Å². The van der Waals surface area contributed by atoms with Crippen molar-refractivity contribution in [1.29, 1.82) is 0 Å². The first-order valence-corrected chi connectivity index (χ1v) is 10.8. The van der Waals surface area contributed by atoms with E-state index in [4.69, 9.17) is 16.3 Å². The topological polar surface area (TPSA) is 108 Å². The number of amides is 1. The molecule has 0 unspecified atom stereocenters. The molecule has 1 N–H and O–H groups in total. The zero-order valence-electron chi connectivity index (χ0n) is 18.8. The van der Waals surface area contributed by atoms with Crippen LogP contribution in [-0.2, 0) is 29.7 Å². The Morgan fingerprint density at radius 2 is 1.91 bits per heavy atom. The zero-order chi connectivity index (χ0) is 24.4.